The van der Waals surface area contributed by atoms with Gasteiger partial charge in [-0.05, 0) is 36.1 Å². The largest absolute Gasteiger partial charge is 0.461 e. The third-order valence-electron chi connectivity index (χ3n) is 6.81. The highest BCUT2D eigenvalue weighted by Crippen LogP contribution is 2.19. The zero-order chi connectivity index (χ0) is 31.2. The van der Waals surface area contributed by atoms with E-state index < -0.39 is 58.7 Å². The third-order valence-corrected chi connectivity index (χ3v) is 8.69. The molecule has 0 heterocycles. The molecule has 2 amide bonds. The van der Waals surface area contributed by atoms with E-state index >= 15 is 0 Å². The Morgan fingerprint density at radius 2 is 1.44 bits per heavy atom. The van der Waals surface area contributed by atoms with E-state index in [2.05, 4.69) is 5.32 Å². The van der Waals surface area contributed by atoms with Gasteiger partial charge in [-0.1, -0.05) is 85.8 Å². The van der Waals surface area contributed by atoms with Gasteiger partial charge in [0.1, 0.15) is 6.61 Å². The summed E-state index contributed by atoms with van der Waals surface area (Å²) in [6.07, 6.45) is -1.47. The van der Waals surface area contributed by atoms with Gasteiger partial charge in [-0.2, -0.15) is 4.31 Å². The second kappa shape index (κ2) is 16.5. The van der Waals surface area contributed by atoms with Crippen molar-refractivity contribution in [1.29, 1.82) is 0 Å². The second-order valence-electron chi connectivity index (χ2n) is 10.3. The molecule has 3 aromatic rings. The molecule has 4 N–H and O–H groups in total. The summed E-state index contributed by atoms with van der Waals surface area (Å²) in [6, 6.07) is 25.1. The fraction of sp³-hybridized carbons (Fsp3) is 0.344. The first-order valence-corrected chi connectivity index (χ1v) is 15.6. The van der Waals surface area contributed by atoms with Gasteiger partial charge < -0.3 is 20.9 Å². The number of carbonyl (C=O) groups is 3. The molecular weight excluding hydrogens is 570 g/mol. The molecular formula is C32H39N3O7S. The lowest BCUT2D eigenvalue weighted by atomic mass is 9.96. The van der Waals surface area contributed by atoms with Crippen molar-refractivity contribution in [2.24, 2.45) is 11.7 Å². The summed E-state index contributed by atoms with van der Waals surface area (Å²) in [5.41, 5.74) is 6.94. The molecule has 43 heavy (non-hydrogen) atoms. The Morgan fingerprint density at radius 1 is 0.884 bits per heavy atom. The normalized spacial score (nSPS) is 13.6. The van der Waals surface area contributed by atoms with Gasteiger partial charge in [0.15, 0.2) is 0 Å². The van der Waals surface area contributed by atoms with Crippen LogP contribution in [0.4, 0.5) is 0 Å². The second-order valence-corrected chi connectivity index (χ2v) is 12.2. The Balaban J connectivity index is 1.79. The molecule has 3 rings (SSSR count). The van der Waals surface area contributed by atoms with Crippen LogP contribution in [0.1, 0.15) is 37.3 Å². The molecule has 11 heteroatoms. The number of benzene rings is 3. The Labute approximate surface area is 252 Å². The van der Waals surface area contributed by atoms with Crippen molar-refractivity contribution in [2.45, 2.75) is 56.3 Å². The number of nitrogens with zero attached hydrogens (tertiary/aromatic N) is 1. The maximum absolute atomic E-state index is 13.5. The van der Waals surface area contributed by atoms with Crippen LogP contribution >= 0.6 is 0 Å². The van der Waals surface area contributed by atoms with Crippen LogP contribution in [-0.2, 0) is 42.2 Å². The molecule has 0 saturated carbocycles. The van der Waals surface area contributed by atoms with Gasteiger partial charge in [-0.3, -0.25) is 14.4 Å². The first-order valence-electron chi connectivity index (χ1n) is 14.2. The van der Waals surface area contributed by atoms with Crippen molar-refractivity contribution in [3.05, 3.63) is 102 Å². The standard InChI is InChI=1S/C32H39N3O7S/c1-2-18-35(43(40,41)27-16-10-5-11-17-27)22-29(36)28(19-24-12-6-3-7-13-24)34-32(39)26(20-30(33)37)21-31(38)42-23-25-14-8-4-9-15-25/h3-17,26,28-29,36H,2,18-23H2,1H3,(H2,33,37)(H,34,39)/t26-,28+,29-/m1/s1. The molecule has 0 bridgehead atoms. The predicted molar refractivity (Wildman–Crippen MR) is 162 cm³/mol. The van der Waals surface area contributed by atoms with Gasteiger partial charge in [-0.15, -0.1) is 0 Å². The van der Waals surface area contributed by atoms with E-state index in [-0.39, 0.29) is 31.0 Å². The lowest BCUT2D eigenvalue weighted by Crippen LogP contribution is -2.52. The van der Waals surface area contributed by atoms with Crippen LogP contribution < -0.4 is 11.1 Å². The Kier molecular flexibility index (Phi) is 12.9. The zero-order valence-electron chi connectivity index (χ0n) is 24.2. The molecule has 230 valence electrons. The number of aliphatic hydroxyl groups excluding tert-OH is 1. The number of amides is 2. The van der Waals surface area contributed by atoms with E-state index in [1.54, 1.807) is 42.5 Å². The van der Waals surface area contributed by atoms with Crippen molar-refractivity contribution in [3.63, 3.8) is 0 Å². The summed E-state index contributed by atoms with van der Waals surface area (Å²) in [5, 5.41) is 14.1. The van der Waals surface area contributed by atoms with Crippen LogP contribution in [0.15, 0.2) is 95.9 Å². The molecule has 0 aliphatic heterocycles. The predicted octanol–water partition coefficient (Wildman–Crippen LogP) is 2.80. The van der Waals surface area contributed by atoms with Crippen molar-refractivity contribution in [1.82, 2.24) is 9.62 Å². The summed E-state index contributed by atoms with van der Waals surface area (Å²) in [7, 11) is -3.93. The molecule has 0 unspecified atom stereocenters. The fourth-order valence-corrected chi connectivity index (χ4v) is 6.16. The Hall–Kier alpha value is -4.06. The molecule has 3 atom stereocenters. The van der Waals surface area contributed by atoms with Gasteiger partial charge in [0, 0.05) is 19.5 Å². The van der Waals surface area contributed by atoms with Gasteiger partial charge in [0.25, 0.3) is 0 Å². The first-order chi connectivity index (χ1) is 20.6. The van der Waals surface area contributed by atoms with Gasteiger partial charge in [0.2, 0.25) is 21.8 Å². The molecule has 10 nitrogen and oxygen atoms in total. The minimum atomic E-state index is -3.93. The van der Waals surface area contributed by atoms with Crippen LogP contribution in [-0.4, -0.2) is 60.8 Å². The van der Waals surface area contributed by atoms with E-state index in [0.29, 0.717) is 6.42 Å². The number of rotatable bonds is 17. The number of ether oxygens (including phenoxy) is 1. The van der Waals surface area contributed by atoms with Crippen molar-refractivity contribution >= 4 is 27.8 Å². The molecule has 0 aromatic heterocycles. The third kappa shape index (κ3) is 10.6. The molecule has 0 spiro atoms. The topological polar surface area (TPSA) is 156 Å². The smallest absolute Gasteiger partial charge is 0.306 e. The number of hydrogen-bond donors (Lipinski definition) is 3. The lowest BCUT2D eigenvalue weighted by Gasteiger charge is -2.30. The van der Waals surface area contributed by atoms with Crippen molar-refractivity contribution in [2.75, 3.05) is 13.1 Å². The first kappa shape index (κ1) is 33.4. The number of nitrogens with one attached hydrogen (secondary N) is 1. The number of hydrogen-bond acceptors (Lipinski definition) is 7. The van der Waals surface area contributed by atoms with E-state index in [1.165, 1.54) is 16.4 Å². The van der Waals surface area contributed by atoms with Crippen LogP contribution in [0.2, 0.25) is 0 Å². The number of esters is 1. The van der Waals surface area contributed by atoms with E-state index in [0.717, 1.165) is 11.1 Å². The summed E-state index contributed by atoms with van der Waals surface area (Å²) >= 11 is 0. The number of carbonyl (C=O) groups excluding carboxylic acids is 3. The number of aliphatic hydroxyl groups is 1. The minimum Gasteiger partial charge on any atom is -0.461 e. The average molecular weight is 610 g/mol. The average Bonchev–Trinajstić information content (AvgIpc) is 3.00. The van der Waals surface area contributed by atoms with E-state index in [4.69, 9.17) is 10.5 Å². The van der Waals surface area contributed by atoms with Gasteiger partial charge in [0.05, 0.1) is 29.4 Å². The maximum Gasteiger partial charge on any atom is 0.306 e. The van der Waals surface area contributed by atoms with Crippen LogP contribution in [0.3, 0.4) is 0 Å². The fourth-order valence-electron chi connectivity index (χ4n) is 4.59. The maximum atomic E-state index is 13.5. The van der Waals surface area contributed by atoms with Crippen molar-refractivity contribution in [3.8, 4) is 0 Å². The Bertz CT molecular complexity index is 1420. The molecule has 3 aromatic carbocycles. The lowest BCUT2D eigenvalue weighted by molar-refractivity contribution is -0.148. The highest BCUT2D eigenvalue weighted by atomic mass is 32.2. The summed E-state index contributed by atoms with van der Waals surface area (Å²) in [5.74, 6) is -3.29. The quantitative estimate of drug-likeness (QED) is 0.199. The molecule has 0 aliphatic rings. The van der Waals surface area contributed by atoms with E-state index in [9.17, 15) is 27.9 Å². The Morgan fingerprint density at radius 3 is 2.00 bits per heavy atom. The SMILES string of the molecule is CCCN(C[C@@H](O)[C@H](Cc1ccccc1)NC(=O)[C@H](CC(N)=O)CC(=O)OCc1ccccc1)S(=O)(=O)c1ccccc1. The number of sulfonamides is 1. The number of primary amides is 1. The van der Waals surface area contributed by atoms with Crippen molar-refractivity contribution < 1.29 is 32.6 Å². The molecule has 0 fully saturated rings. The molecule has 0 saturated heterocycles. The summed E-state index contributed by atoms with van der Waals surface area (Å²) in [6.45, 7) is 1.69. The summed E-state index contributed by atoms with van der Waals surface area (Å²) < 4.78 is 33.3. The van der Waals surface area contributed by atoms with Gasteiger partial charge in [-0.25, -0.2) is 8.42 Å². The molecule has 0 radical (unpaired) electrons. The van der Waals surface area contributed by atoms with E-state index in [1.807, 2.05) is 43.3 Å². The highest BCUT2D eigenvalue weighted by molar-refractivity contribution is 7.89. The summed E-state index contributed by atoms with van der Waals surface area (Å²) in [4.78, 5) is 38.0. The minimum absolute atomic E-state index is 0.00306. The van der Waals surface area contributed by atoms with Gasteiger partial charge >= 0.3 is 5.97 Å². The van der Waals surface area contributed by atoms with Crippen LogP contribution in [0, 0.1) is 5.92 Å². The molecule has 0 aliphatic carbocycles. The zero-order valence-corrected chi connectivity index (χ0v) is 25.0. The van der Waals surface area contributed by atoms with Crippen LogP contribution in [0.25, 0.3) is 0 Å². The number of nitrogens with two attached hydrogens (primary N) is 1. The van der Waals surface area contributed by atoms with Crippen LogP contribution in [0.5, 0.6) is 0 Å². The highest BCUT2D eigenvalue weighted by Gasteiger charge is 2.33. The monoisotopic (exact) mass is 609 g/mol.